The number of unbranched alkanes of at least 4 members (excludes halogenated alkanes) is 1. The number of para-hydroxylation sites is 2. The third-order valence-electron chi connectivity index (χ3n) is 14.9. The first-order valence-corrected chi connectivity index (χ1v) is 26.8. The standard InChI is InChI=1S/C62H63N7O11/c1-36-22-47-49(63-32-44-27-41-12-5-8-16-51(41)68(44)61(47)76)30-54(36)79-34-39-24-40(35-80-56-31-50-48(29-55(56)78-4)62(77)69-45(33-64-50)28-42-13-6-9-17-52(42)69)26-43(25-39)66-60(75)37(2)23-53(71)38(3)65-57(72)18-10-7-14-46(70)15-11-21-67-58(73)19-20-59(67)74/h5-6,8-9,12-13,16-17,19-20,22,24-26,29-31,33,37-38,44-45,63H,7,10-11,14-15,18,21,23,27-28,32,34-35H2,1-4H3,(H,65,72)(H,66,75)/t37-,38+,44+,45+/m1/s1/i34D2,35D2. The van der Waals surface area contributed by atoms with E-state index in [1.165, 1.54) is 63.4 Å². The van der Waals surface area contributed by atoms with E-state index in [0.29, 0.717) is 55.5 Å². The molecule has 18 heteroatoms. The average molecular weight is 1090 g/mol. The summed E-state index contributed by atoms with van der Waals surface area (Å²) in [4.78, 5) is 114. The quantitative estimate of drug-likeness (QED) is 0.0440. The molecule has 5 aromatic carbocycles. The van der Waals surface area contributed by atoms with Gasteiger partial charge in [0.05, 0.1) is 53.2 Å². The van der Waals surface area contributed by atoms with Crippen LogP contribution >= 0.6 is 0 Å². The van der Waals surface area contributed by atoms with Crippen molar-refractivity contribution in [1.29, 1.82) is 0 Å². The highest BCUT2D eigenvalue weighted by molar-refractivity contribution is 6.15. The number of nitrogens with one attached hydrogen (secondary N) is 3. The maximum absolute atomic E-state index is 14.2. The SMILES string of the molecule is [2H]C([2H])(Oc1cc2c(cc1C)C(=O)N1c3ccccc3C[C@H]1CN2)c1cc(NC(=O)[C@H](C)CC(=O)[C@H](C)NC(=O)CCCCC(=O)CCCN2C(=O)C=CC2=O)cc(C([2H])([2H])Oc2cc3c(cc2OC)C(=O)N2c4ccccc4C[C@H]2C=N3)c1. The summed E-state index contributed by atoms with van der Waals surface area (Å²) in [5, 5.41) is 8.74. The fourth-order valence-electron chi connectivity index (χ4n) is 10.6. The van der Waals surface area contributed by atoms with Crippen molar-refractivity contribution in [2.24, 2.45) is 10.9 Å². The first-order valence-electron chi connectivity index (χ1n) is 28.8. The molecule has 0 fully saturated rings. The number of nitrogens with zero attached hydrogens (tertiary/aromatic N) is 4. The van der Waals surface area contributed by atoms with Crippen molar-refractivity contribution in [2.75, 3.05) is 40.6 Å². The lowest BCUT2D eigenvalue weighted by molar-refractivity contribution is -0.137. The van der Waals surface area contributed by atoms with Gasteiger partial charge in [0.25, 0.3) is 23.6 Å². The zero-order chi connectivity index (χ0) is 59.8. The van der Waals surface area contributed by atoms with Gasteiger partial charge in [0.15, 0.2) is 17.3 Å². The van der Waals surface area contributed by atoms with E-state index < -0.39 is 54.5 Å². The molecule has 0 bridgehead atoms. The van der Waals surface area contributed by atoms with Crippen LogP contribution in [0.15, 0.2) is 108 Å². The fraction of sp³-hybridized carbons (Fsp3) is 0.339. The molecule has 0 radical (unpaired) electrons. The van der Waals surface area contributed by atoms with Crippen molar-refractivity contribution in [3.8, 4) is 17.2 Å². The molecule has 0 saturated heterocycles. The molecule has 5 aliphatic rings. The van der Waals surface area contributed by atoms with Gasteiger partial charge in [-0.15, -0.1) is 0 Å². The van der Waals surface area contributed by atoms with Gasteiger partial charge < -0.3 is 35.1 Å². The Labute approximate surface area is 469 Å². The van der Waals surface area contributed by atoms with Crippen LogP contribution in [0.4, 0.5) is 28.4 Å². The van der Waals surface area contributed by atoms with Gasteiger partial charge in [-0.1, -0.05) is 43.3 Å². The number of Topliss-reactive ketones (excluding diaryl/α,β-unsaturated/α-hetero) is 2. The van der Waals surface area contributed by atoms with Gasteiger partial charge in [-0.3, -0.25) is 53.1 Å². The summed E-state index contributed by atoms with van der Waals surface area (Å²) in [6, 6.07) is 23.6. The third-order valence-corrected chi connectivity index (χ3v) is 14.9. The van der Waals surface area contributed by atoms with Crippen molar-refractivity contribution in [2.45, 2.75) is 110 Å². The summed E-state index contributed by atoms with van der Waals surface area (Å²) in [5.74, 6) is -4.09. The Morgan fingerprint density at radius 2 is 1.40 bits per heavy atom. The number of ketones is 2. The Bertz CT molecular complexity index is 3590. The molecule has 0 spiro atoms. The van der Waals surface area contributed by atoms with Crippen LogP contribution in [-0.4, -0.2) is 96.4 Å². The molecule has 5 aromatic rings. The average Bonchev–Trinajstić information content (AvgIpc) is 3.08. The number of benzene rings is 5. The number of anilines is 4. The molecule has 4 atom stereocenters. The van der Waals surface area contributed by atoms with Crippen LogP contribution in [-0.2, 0) is 54.7 Å². The molecule has 18 nitrogen and oxygen atoms in total. The highest BCUT2D eigenvalue weighted by Gasteiger charge is 2.39. The van der Waals surface area contributed by atoms with E-state index in [9.17, 15) is 43.8 Å². The summed E-state index contributed by atoms with van der Waals surface area (Å²) in [7, 11) is 1.34. The first-order chi connectivity index (χ1) is 40.1. The number of carbonyl (C=O) groups excluding carboxylic acids is 8. The molecule has 5 heterocycles. The molecular weight excluding hydrogens is 1020 g/mol. The van der Waals surface area contributed by atoms with E-state index >= 15 is 0 Å². The Morgan fingerprint density at radius 3 is 2.12 bits per heavy atom. The Hall–Kier alpha value is -8.93. The maximum Gasteiger partial charge on any atom is 0.261 e. The van der Waals surface area contributed by atoms with E-state index in [1.54, 1.807) is 35.1 Å². The van der Waals surface area contributed by atoms with Crippen LogP contribution in [0.5, 0.6) is 17.2 Å². The zero-order valence-corrected chi connectivity index (χ0v) is 44.8. The molecule has 0 unspecified atom stereocenters. The predicted molar refractivity (Wildman–Crippen MR) is 301 cm³/mol. The van der Waals surface area contributed by atoms with E-state index in [2.05, 4.69) is 20.9 Å². The molecule has 80 heavy (non-hydrogen) atoms. The highest BCUT2D eigenvalue weighted by atomic mass is 16.5. The Kier molecular flexibility index (Phi) is 14.6. The second-order valence-electron chi connectivity index (χ2n) is 20.6. The summed E-state index contributed by atoms with van der Waals surface area (Å²) < 4.78 is 55.6. The van der Waals surface area contributed by atoms with E-state index in [-0.39, 0.29) is 107 Å². The van der Waals surface area contributed by atoms with Crippen molar-refractivity contribution >= 4 is 81.7 Å². The summed E-state index contributed by atoms with van der Waals surface area (Å²) in [5.41, 5.74) is 4.64. The zero-order valence-electron chi connectivity index (χ0n) is 48.8. The van der Waals surface area contributed by atoms with Crippen molar-refractivity contribution in [3.05, 3.63) is 142 Å². The number of amides is 6. The molecule has 6 amide bonds. The van der Waals surface area contributed by atoms with Gasteiger partial charge in [0, 0.05) is 98.7 Å². The number of hydrogen-bond acceptors (Lipinski definition) is 13. The van der Waals surface area contributed by atoms with Crippen LogP contribution in [0.1, 0.15) is 113 Å². The second-order valence-corrected chi connectivity index (χ2v) is 20.6. The molecule has 0 aromatic heterocycles. The van der Waals surface area contributed by atoms with Gasteiger partial charge in [0.2, 0.25) is 11.8 Å². The van der Waals surface area contributed by atoms with Gasteiger partial charge in [0.1, 0.15) is 24.7 Å². The molecule has 10 rings (SSSR count). The van der Waals surface area contributed by atoms with Crippen LogP contribution < -0.4 is 40.0 Å². The van der Waals surface area contributed by atoms with Crippen LogP contribution in [0.2, 0.25) is 0 Å². The summed E-state index contributed by atoms with van der Waals surface area (Å²) >= 11 is 0. The minimum absolute atomic E-state index is 0.000891. The minimum atomic E-state index is -2.82. The third kappa shape index (κ3) is 11.7. The molecule has 5 aliphatic heterocycles. The fourth-order valence-corrected chi connectivity index (χ4v) is 10.6. The van der Waals surface area contributed by atoms with Gasteiger partial charge >= 0.3 is 0 Å². The lowest BCUT2D eigenvalue weighted by Crippen LogP contribution is -2.39. The normalized spacial score (nSPS) is 18.3. The van der Waals surface area contributed by atoms with Crippen LogP contribution in [0.25, 0.3) is 0 Å². The molecule has 412 valence electrons. The number of hydrogen-bond donors (Lipinski definition) is 3. The summed E-state index contributed by atoms with van der Waals surface area (Å²) in [6.45, 7) is -0.343. The molecule has 0 aliphatic carbocycles. The summed E-state index contributed by atoms with van der Waals surface area (Å²) in [6.07, 6.45) is 6.45. The Balaban J connectivity index is 0.850. The molecular formula is C62H63N7O11. The largest absolute Gasteiger partial charge is 0.493 e. The van der Waals surface area contributed by atoms with Crippen molar-refractivity contribution in [1.82, 2.24) is 10.2 Å². The van der Waals surface area contributed by atoms with Gasteiger partial charge in [-0.05, 0) is 110 Å². The number of methoxy groups -OCH3 is 1. The van der Waals surface area contributed by atoms with Crippen molar-refractivity contribution in [3.63, 3.8) is 0 Å². The first kappa shape index (κ1) is 49.4. The topological polar surface area (TPSA) is 222 Å². The van der Waals surface area contributed by atoms with E-state index in [4.69, 9.17) is 14.2 Å². The number of carbonyl (C=O) groups is 8. The van der Waals surface area contributed by atoms with Gasteiger partial charge in [-0.2, -0.15) is 0 Å². The van der Waals surface area contributed by atoms with Crippen LogP contribution in [0.3, 0.4) is 0 Å². The predicted octanol–water partition coefficient (Wildman–Crippen LogP) is 8.32. The van der Waals surface area contributed by atoms with E-state index in [0.717, 1.165) is 27.4 Å². The number of fused-ring (bicyclic) bond motifs is 8. The lowest BCUT2D eigenvalue weighted by atomic mass is 9.99. The van der Waals surface area contributed by atoms with Crippen molar-refractivity contribution < 1.29 is 58.0 Å². The lowest BCUT2D eigenvalue weighted by Gasteiger charge is -2.22. The highest BCUT2D eigenvalue weighted by Crippen LogP contribution is 2.42. The number of aliphatic imine (C=N–C) groups is 1. The number of imide groups is 1. The number of rotatable bonds is 22. The molecule has 0 saturated carbocycles. The number of ether oxygens (including phenoxy) is 3. The maximum atomic E-state index is 14.2. The number of aryl methyl sites for hydroxylation is 1. The van der Waals surface area contributed by atoms with Crippen LogP contribution in [0, 0.1) is 12.8 Å². The van der Waals surface area contributed by atoms with Gasteiger partial charge in [-0.25, -0.2) is 0 Å². The monoisotopic (exact) mass is 1090 g/mol. The Morgan fingerprint density at radius 1 is 0.750 bits per heavy atom. The molecule has 3 N–H and O–H groups in total. The second kappa shape index (κ2) is 23.6. The van der Waals surface area contributed by atoms with E-state index in [1.807, 2.05) is 48.5 Å². The minimum Gasteiger partial charge on any atom is -0.493 e. The smallest absolute Gasteiger partial charge is 0.261 e.